The largest absolute Gasteiger partial charge is 0.508 e. The Morgan fingerprint density at radius 1 is 1.04 bits per heavy atom. The van der Waals surface area contributed by atoms with E-state index in [-0.39, 0.29) is 0 Å². The second kappa shape index (κ2) is 15.0. The van der Waals surface area contributed by atoms with Gasteiger partial charge in [-0.25, -0.2) is 4.79 Å². The van der Waals surface area contributed by atoms with Crippen LogP contribution in [-0.2, 0) is 14.3 Å². The standard InChI is InChI=1S/C8H14O3.C8H8O.C8H8/c1-5-10-7(4)11-8(9)6(2)3;1-2-7-3-5-8(9)6-4-7;1-2-8-6-4-3-5-7-8/h7H,2,5H2,1,3-4H3;2-6,9H,1H2;2-7H,1H2. The summed E-state index contributed by atoms with van der Waals surface area (Å²) in [6.07, 6.45) is 3.09. The van der Waals surface area contributed by atoms with Crippen LogP contribution in [0.1, 0.15) is 31.9 Å². The van der Waals surface area contributed by atoms with Crippen molar-refractivity contribution in [3.63, 3.8) is 0 Å². The number of phenols is 1. The molecule has 0 heterocycles. The molecule has 4 nitrogen and oxygen atoms in total. The number of phenolic OH excluding ortho intramolecular Hbond substituents is 1. The van der Waals surface area contributed by atoms with Crippen LogP contribution in [0, 0.1) is 0 Å². The van der Waals surface area contributed by atoms with Gasteiger partial charge in [-0.2, -0.15) is 0 Å². The molecular weight excluding hydrogens is 352 g/mol. The van der Waals surface area contributed by atoms with Gasteiger partial charge in [0, 0.05) is 12.2 Å². The summed E-state index contributed by atoms with van der Waals surface area (Å²) in [6, 6.07) is 16.9. The average Bonchev–Trinajstić information content (AvgIpc) is 2.70. The van der Waals surface area contributed by atoms with Crippen molar-refractivity contribution in [2.75, 3.05) is 6.61 Å². The fraction of sp³-hybridized carbons (Fsp3) is 0.208. The Morgan fingerprint density at radius 2 is 1.54 bits per heavy atom. The molecule has 0 saturated heterocycles. The summed E-state index contributed by atoms with van der Waals surface area (Å²) in [5.74, 6) is -0.119. The van der Waals surface area contributed by atoms with Crippen molar-refractivity contribution in [1.29, 1.82) is 0 Å². The van der Waals surface area contributed by atoms with Crippen molar-refractivity contribution < 1.29 is 19.4 Å². The van der Waals surface area contributed by atoms with Gasteiger partial charge in [0.05, 0.1) is 0 Å². The van der Waals surface area contributed by atoms with Crippen LogP contribution in [0.2, 0.25) is 0 Å². The molecule has 0 aliphatic heterocycles. The Kier molecular flexibility index (Phi) is 13.3. The van der Waals surface area contributed by atoms with E-state index in [2.05, 4.69) is 19.7 Å². The summed E-state index contributed by atoms with van der Waals surface area (Å²) < 4.78 is 9.77. The first kappa shape index (κ1) is 24.9. The Balaban J connectivity index is 0.000000395. The van der Waals surface area contributed by atoms with E-state index in [1.54, 1.807) is 32.1 Å². The minimum absolute atomic E-state index is 0.292. The zero-order chi connectivity index (χ0) is 21.4. The van der Waals surface area contributed by atoms with Gasteiger partial charge in [-0.1, -0.05) is 74.4 Å². The molecule has 0 aliphatic carbocycles. The molecule has 0 aromatic heterocycles. The Morgan fingerprint density at radius 3 is 1.93 bits per heavy atom. The summed E-state index contributed by atoms with van der Waals surface area (Å²) in [5, 5.41) is 8.82. The fourth-order valence-electron chi connectivity index (χ4n) is 1.72. The zero-order valence-corrected chi connectivity index (χ0v) is 16.9. The lowest BCUT2D eigenvalue weighted by atomic mass is 10.2. The smallest absolute Gasteiger partial charge is 0.335 e. The van der Waals surface area contributed by atoms with Crippen molar-refractivity contribution >= 4 is 18.1 Å². The van der Waals surface area contributed by atoms with Gasteiger partial charge in [-0.05, 0) is 44.0 Å². The van der Waals surface area contributed by atoms with Crippen molar-refractivity contribution in [2.45, 2.75) is 27.1 Å². The molecule has 2 aromatic carbocycles. The van der Waals surface area contributed by atoms with E-state index >= 15 is 0 Å². The molecule has 28 heavy (non-hydrogen) atoms. The van der Waals surface area contributed by atoms with Crippen LogP contribution in [0.3, 0.4) is 0 Å². The SMILES string of the molecule is C=C(C)C(=O)OC(C)OCC.C=Cc1ccc(O)cc1.C=Cc1ccccc1. The van der Waals surface area contributed by atoms with Crippen molar-refractivity contribution in [3.8, 4) is 5.75 Å². The van der Waals surface area contributed by atoms with E-state index in [4.69, 9.17) is 14.6 Å². The zero-order valence-electron chi connectivity index (χ0n) is 16.9. The maximum absolute atomic E-state index is 10.8. The molecule has 0 aliphatic rings. The van der Waals surface area contributed by atoms with Crippen molar-refractivity contribution in [2.24, 2.45) is 0 Å². The third-order valence-corrected chi connectivity index (χ3v) is 3.19. The number of benzene rings is 2. The third-order valence-electron chi connectivity index (χ3n) is 3.19. The topological polar surface area (TPSA) is 55.8 Å². The van der Waals surface area contributed by atoms with E-state index in [0.29, 0.717) is 17.9 Å². The molecule has 1 atom stereocenters. The molecule has 2 rings (SSSR count). The quantitative estimate of drug-likeness (QED) is 0.387. The molecule has 1 N–H and O–H groups in total. The van der Waals surface area contributed by atoms with Crippen LogP contribution in [0.5, 0.6) is 5.75 Å². The summed E-state index contributed by atoms with van der Waals surface area (Å²) in [4.78, 5) is 10.8. The van der Waals surface area contributed by atoms with E-state index in [9.17, 15) is 4.79 Å². The van der Waals surface area contributed by atoms with Gasteiger partial charge < -0.3 is 14.6 Å². The van der Waals surface area contributed by atoms with Gasteiger partial charge in [0.25, 0.3) is 0 Å². The molecule has 0 saturated carbocycles. The summed E-state index contributed by atoms with van der Waals surface area (Å²) >= 11 is 0. The average molecular weight is 383 g/mol. The van der Waals surface area contributed by atoms with E-state index < -0.39 is 12.3 Å². The number of hydrogen-bond donors (Lipinski definition) is 1. The lowest BCUT2D eigenvalue weighted by Crippen LogP contribution is -2.18. The number of rotatable bonds is 6. The lowest BCUT2D eigenvalue weighted by Gasteiger charge is -2.11. The van der Waals surface area contributed by atoms with Gasteiger partial charge >= 0.3 is 5.97 Å². The lowest BCUT2D eigenvalue weighted by molar-refractivity contribution is -0.168. The molecule has 0 radical (unpaired) electrons. The molecular formula is C24H30O4. The first-order valence-electron chi connectivity index (χ1n) is 8.91. The van der Waals surface area contributed by atoms with Crippen LogP contribution >= 0.6 is 0 Å². The van der Waals surface area contributed by atoms with Crippen LogP contribution in [-0.4, -0.2) is 24.0 Å². The molecule has 0 amide bonds. The number of ether oxygens (including phenoxy) is 2. The van der Waals surface area contributed by atoms with Crippen LogP contribution in [0.15, 0.2) is 79.9 Å². The number of esters is 1. The van der Waals surface area contributed by atoms with Crippen LogP contribution in [0.4, 0.5) is 0 Å². The Bertz CT molecular complexity index is 718. The Hall–Kier alpha value is -3.11. The monoisotopic (exact) mass is 382 g/mol. The number of carbonyl (C=O) groups is 1. The van der Waals surface area contributed by atoms with Crippen LogP contribution < -0.4 is 0 Å². The maximum atomic E-state index is 10.8. The molecule has 4 heteroatoms. The second-order valence-electron chi connectivity index (χ2n) is 5.62. The predicted octanol–water partition coefficient (Wildman–Crippen LogP) is 5.85. The second-order valence-corrected chi connectivity index (χ2v) is 5.62. The highest BCUT2D eigenvalue weighted by Gasteiger charge is 2.08. The van der Waals surface area contributed by atoms with Gasteiger partial charge in [0.1, 0.15) is 5.75 Å². The first-order valence-corrected chi connectivity index (χ1v) is 8.91. The van der Waals surface area contributed by atoms with Gasteiger partial charge in [-0.3, -0.25) is 0 Å². The molecule has 0 spiro atoms. The molecule has 0 fully saturated rings. The normalized spacial score (nSPS) is 10.1. The van der Waals surface area contributed by atoms with Crippen molar-refractivity contribution in [3.05, 3.63) is 91.0 Å². The Labute approximate surface area is 168 Å². The molecule has 150 valence electrons. The highest BCUT2D eigenvalue weighted by atomic mass is 16.7. The van der Waals surface area contributed by atoms with Gasteiger partial charge in [0.15, 0.2) is 6.29 Å². The maximum Gasteiger partial charge on any atom is 0.335 e. The van der Waals surface area contributed by atoms with Gasteiger partial charge in [-0.15, -0.1) is 0 Å². The predicted molar refractivity (Wildman–Crippen MR) is 117 cm³/mol. The first-order chi connectivity index (χ1) is 13.3. The minimum Gasteiger partial charge on any atom is -0.508 e. The highest BCUT2D eigenvalue weighted by molar-refractivity contribution is 5.86. The third kappa shape index (κ3) is 12.3. The van der Waals surface area contributed by atoms with E-state index in [1.165, 1.54) is 5.56 Å². The molecule has 2 aromatic rings. The summed E-state index contributed by atoms with van der Waals surface area (Å²) in [5.41, 5.74) is 2.58. The van der Waals surface area contributed by atoms with Crippen LogP contribution in [0.25, 0.3) is 12.2 Å². The van der Waals surface area contributed by atoms with Gasteiger partial charge in [0.2, 0.25) is 0 Å². The van der Waals surface area contributed by atoms with E-state index in [0.717, 1.165) is 5.56 Å². The van der Waals surface area contributed by atoms with E-state index in [1.807, 2.05) is 55.5 Å². The highest BCUT2D eigenvalue weighted by Crippen LogP contribution is 2.09. The number of hydrogen-bond acceptors (Lipinski definition) is 4. The fourth-order valence-corrected chi connectivity index (χ4v) is 1.72. The van der Waals surface area contributed by atoms with Crippen molar-refractivity contribution in [1.82, 2.24) is 0 Å². The summed E-state index contributed by atoms with van der Waals surface area (Å²) in [6.45, 7) is 16.3. The number of aromatic hydroxyl groups is 1. The number of carbonyl (C=O) groups excluding carboxylic acids is 1. The minimum atomic E-state index is -0.482. The molecule has 1 unspecified atom stereocenters. The summed E-state index contributed by atoms with van der Waals surface area (Å²) in [7, 11) is 0. The molecule has 0 bridgehead atoms.